The third-order valence-corrected chi connectivity index (χ3v) is 3.71. The summed E-state index contributed by atoms with van der Waals surface area (Å²) in [7, 11) is 3.24. The average molecular weight is 281 g/mol. The molecule has 104 valence electrons. The van der Waals surface area contributed by atoms with Gasteiger partial charge in [-0.1, -0.05) is 0 Å². The van der Waals surface area contributed by atoms with Crippen LogP contribution in [-0.2, 0) is 6.54 Å². The van der Waals surface area contributed by atoms with Gasteiger partial charge in [0.1, 0.15) is 0 Å². The number of rotatable bonds is 6. The summed E-state index contributed by atoms with van der Waals surface area (Å²) in [4.78, 5) is 4.37. The standard InChI is InChI=1S/C13H19N3O2S/c1-17-11-7-9-10(8-12(11)18-2)16(13(14)15-9)5-4-6-19-3/h7-8H,4-6H2,1-3H3,(H2,14,15). The Bertz CT molecular complexity index is 569. The summed E-state index contributed by atoms with van der Waals surface area (Å²) >= 11 is 1.83. The Morgan fingerprint density at radius 1 is 1.26 bits per heavy atom. The molecule has 2 aromatic rings. The summed E-state index contributed by atoms with van der Waals surface area (Å²) in [5, 5.41) is 0. The Kier molecular flexibility index (Phi) is 4.42. The number of nitrogen functional groups attached to an aromatic ring is 1. The molecule has 2 rings (SSSR count). The Morgan fingerprint density at radius 3 is 2.58 bits per heavy atom. The molecule has 0 fully saturated rings. The number of aryl methyl sites for hydroxylation is 1. The zero-order valence-electron chi connectivity index (χ0n) is 11.5. The predicted molar refractivity (Wildman–Crippen MR) is 80.2 cm³/mol. The summed E-state index contributed by atoms with van der Waals surface area (Å²) in [5.41, 5.74) is 7.80. The molecule has 0 radical (unpaired) electrons. The van der Waals surface area contributed by atoms with Gasteiger partial charge in [0.05, 0.1) is 25.3 Å². The van der Waals surface area contributed by atoms with Crippen LogP contribution < -0.4 is 15.2 Å². The van der Waals surface area contributed by atoms with Crippen LogP contribution in [0.5, 0.6) is 11.5 Å². The number of fused-ring (bicyclic) bond motifs is 1. The fourth-order valence-electron chi connectivity index (χ4n) is 2.07. The van der Waals surface area contributed by atoms with Gasteiger partial charge in [-0.25, -0.2) is 4.98 Å². The largest absolute Gasteiger partial charge is 0.493 e. The number of hydrogen-bond donors (Lipinski definition) is 1. The van der Waals surface area contributed by atoms with Crippen LogP contribution in [0.1, 0.15) is 6.42 Å². The van der Waals surface area contributed by atoms with Crippen molar-refractivity contribution in [3.05, 3.63) is 12.1 Å². The maximum Gasteiger partial charge on any atom is 0.201 e. The molecular weight excluding hydrogens is 262 g/mol. The quantitative estimate of drug-likeness (QED) is 0.824. The van der Waals surface area contributed by atoms with E-state index in [-0.39, 0.29) is 0 Å². The van der Waals surface area contributed by atoms with Crippen LogP contribution in [0.4, 0.5) is 5.95 Å². The number of hydrogen-bond acceptors (Lipinski definition) is 5. The molecule has 0 saturated carbocycles. The molecular formula is C13H19N3O2S. The minimum Gasteiger partial charge on any atom is -0.493 e. The van der Waals surface area contributed by atoms with Gasteiger partial charge in [0, 0.05) is 18.7 Å². The molecule has 0 aliphatic carbocycles. The molecule has 19 heavy (non-hydrogen) atoms. The monoisotopic (exact) mass is 281 g/mol. The first-order valence-electron chi connectivity index (χ1n) is 6.08. The molecule has 0 amide bonds. The van der Waals surface area contributed by atoms with Gasteiger partial charge in [-0.2, -0.15) is 11.8 Å². The molecule has 0 saturated heterocycles. The van der Waals surface area contributed by atoms with E-state index in [1.54, 1.807) is 14.2 Å². The predicted octanol–water partition coefficient (Wildman–Crippen LogP) is 2.39. The van der Waals surface area contributed by atoms with Crippen LogP contribution in [0.15, 0.2) is 12.1 Å². The number of nitrogens with zero attached hydrogens (tertiary/aromatic N) is 2. The van der Waals surface area contributed by atoms with Crippen molar-refractivity contribution in [1.82, 2.24) is 9.55 Å². The van der Waals surface area contributed by atoms with Gasteiger partial charge >= 0.3 is 0 Å². The lowest BCUT2D eigenvalue weighted by Crippen LogP contribution is -2.04. The molecule has 2 N–H and O–H groups in total. The lowest BCUT2D eigenvalue weighted by atomic mass is 10.2. The Hall–Kier alpha value is -1.56. The Morgan fingerprint density at radius 2 is 1.95 bits per heavy atom. The van der Waals surface area contributed by atoms with E-state index in [0.717, 1.165) is 29.8 Å². The van der Waals surface area contributed by atoms with E-state index in [2.05, 4.69) is 11.2 Å². The number of methoxy groups -OCH3 is 2. The number of nitrogens with two attached hydrogens (primary N) is 1. The highest BCUT2D eigenvalue weighted by molar-refractivity contribution is 7.98. The van der Waals surface area contributed by atoms with Crippen molar-refractivity contribution in [1.29, 1.82) is 0 Å². The van der Waals surface area contributed by atoms with Gasteiger partial charge < -0.3 is 19.8 Å². The van der Waals surface area contributed by atoms with Crippen LogP contribution in [-0.4, -0.2) is 35.8 Å². The minimum atomic E-state index is 0.534. The second kappa shape index (κ2) is 6.06. The molecule has 0 unspecified atom stereocenters. The van der Waals surface area contributed by atoms with Crippen molar-refractivity contribution in [2.75, 3.05) is 32.0 Å². The first-order valence-corrected chi connectivity index (χ1v) is 7.47. The van der Waals surface area contributed by atoms with Crippen molar-refractivity contribution in [3.63, 3.8) is 0 Å². The maximum atomic E-state index is 5.98. The van der Waals surface area contributed by atoms with Gasteiger partial charge in [0.2, 0.25) is 5.95 Å². The molecule has 0 aliphatic rings. The number of imidazole rings is 1. The first-order chi connectivity index (χ1) is 9.21. The first kappa shape index (κ1) is 13.9. The van der Waals surface area contributed by atoms with Gasteiger partial charge in [-0.3, -0.25) is 0 Å². The second-order valence-corrected chi connectivity index (χ2v) is 5.15. The zero-order valence-corrected chi connectivity index (χ0v) is 12.3. The SMILES string of the molecule is COc1cc2nc(N)n(CCCSC)c2cc1OC. The van der Waals surface area contributed by atoms with Crippen molar-refractivity contribution in [3.8, 4) is 11.5 Å². The third kappa shape index (κ3) is 2.73. The van der Waals surface area contributed by atoms with Crippen LogP contribution in [0.3, 0.4) is 0 Å². The third-order valence-electron chi connectivity index (χ3n) is 3.01. The van der Waals surface area contributed by atoms with Gasteiger partial charge in [0.25, 0.3) is 0 Å². The normalized spacial score (nSPS) is 10.9. The van der Waals surface area contributed by atoms with Gasteiger partial charge in [0.15, 0.2) is 11.5 Å². The zero-order chi connectivity index (χ0) is 13.8. The van der Waals surface area contributed by atoms with E-state index in [0.29, 0.717) is 17.4 Å². The van der Waals surface area contributed by atoms with Crippen LogP contribution in [0, 0.1) is 0 Å². The molecule has 1 heterocycles. The number of anilines is 1. The average Bonchev–Trinajstić information content (AvgIpc) is 2.73. The second-order valence-electron chi connectivity index (χ2n) is 4.16. The fraction of sp³-hybridized carbons (Fsp3) is 0.462. The van der Waals surface area contributed by atoms with Crippen molar-refractivity contribution in [2.24, 2.45) is 0 Å². The Balaban J connectivity index is 2.43. The van der Waals surface area contributed by atoms with E-state index < -0.39 is 0 Å². The molecule has 0 aliphatic heterocycles. The minimum absolute atomic E-state index is 0.534. The summed E-state index contributed by atoms with van der Waals surface area (Å²) in [6, 6.07) is 3.78. The highest BCUT2D eigenvalue weighted by atomic mass is 32.2. The molecule has 0 spiro atoms. The smallest absolute Gasteiger partial charge is 0.201 e. The maximum absolute atomic E-state index is 5.98. The van der Waals surface area contributed by atoms with Crippen LogP contribution in [0.25, 0.3) is 11.0 Å². The van der Waals surface area contributed by atoms with Crippen LogP contribution >= 0.6 is 11.8 Å². The lowest BCUT2D eigenvalue weighted by molar-refractivity contribution is 0.355. The Labute approximate surface area is 117 Å². The summed E-state index contributed by atoms with van der Waals surface area (Å²) in [5.74, 6) is 3.00. The number of benzene rings is 1. The van der Waals surface area contributed by atoms with E-state index >= 15 is 0 Å². The number of ether oxygens (including phenoxy) is 2. The molecule has 5 nitrogen and oxygen atoms in total. The van der Waals surface area contributed by atoms with Crippen molar-refractivity contribution >= 4 is 28.7 Å². The molecule has 1 aromatic heterocycles. The molecule has 6 heteroatoms. The summed E-state index contributed by atoms with van der Waals surface area (Å²) < 4.78 is 12.6. The summed E-state index contributed by atoms with van der Waals surface area (Å²) in [6.07, 6.45) is 3.16. The molecule has 0 atom stereocenters. The fourth-order valence-corrected chi connectivity index (χ4v) is 2.49. The highest BCUT2D eigenvalue weighted by Gasteiger charge is 2.13. The molecule has 0 bridgehead atoms. The lowest BCUT2D eigenvalue weighted by Gasteiger charge is -2.09. The van der Waals surface area contributed by atoms with E-state index in [1.807, 2.05) is 28.5 Å². The number of aromatic nitrogens is 2. The van der Waals surface area contributed by atoms with Gasteiger partial charge in [-0.15, -0.1) is 0 Å². The van der Waals surface area contributed by atoms with Crippen LogP contribution in [0.2, 0.25) is 0 Å². The van der Waals surface area contributed by atoms with E-state index in [9.17, 15) is 0 Å². The highest BCUT2D eigenvalue weighted by Crippen LogP contribution is 2.33. The van der Waals surface area contributed by atoms with Crippen molar-refractivity contribution < 1.29 is 9.47 Å². The van der Waals surface area contributed by atoms with E-state index in [1.165, 1.54) is 0 Å². The molecule has 1 aromatic carbocycles. The number of thioether (sulfide) groups is 1. The van der Waals surface area contributed by atoms with Crippen molar-refractivity contribution in [2.45, 2.75) is 13.0 Å². The topological polar surface area (TPSA) is 62.3 Å². The summed E-state index contributed by atoms with van der Waals surface area (Å²) in [6.45, 7) is 0.860. The van der Waals surface area contributed by atoms with E-state index in [4.69, 9.17) is 15.2 Å². The van der Waals surface area contributed by atoms with Gasteiger partial charge in [-0.05, 0) is 18.4 Å².